The van der Waals surface area contributed by atoms with Gasteiger partial charge in [-0.1, -0.05) is 35.2 Å². The maximum Gasteiger partial charge on any atom is 0.119 e. The van der Waals surface area contributed by atoms with Crippen molar-refractivity contribution < 1.29 is 4.74 Å². The first-order valence-corrected chi connectivity index (χ1v) is 7.10. The second-order valence-electron chi connectivity index (χ2n) is 4.81. The molecule has 0 heterocycles. The van der Waals surface area contributed by atoms with Crippen LogP contribution in [0, 0.1) is 5.92 Å². The summed E-state index contributed by atoms with van der Waals surface area (Å²) in [5, 5.41) is 0. The van der Waals surface area contributed by atoms with Crippen LogP contribution in [0.4, 0.5) is 0 Å². The maximum absolute atomic E-state index is 6.41. The molecular weight excluding hydrogens is 278 g/mol. The van der Waals surface area contributed by atoms with Crippen molar-refractivity contribution >= 4 is 15.9 Å². The maximum atomic E-state index is 6.41. The highest BCUT2D eigenvalue weighted by atomic mass is 79.9. The molecule has 0 amide bonds. The zero-order chi connectivity index (χ0) is 12.3. The molecule has 94 valence electrons. The molecule has 1 aromatic carbocycles. The van der Waals surface area contributed by atoms with E-state index in [-0.39, 0.29) is 6.04 Å². The number of rotatable bonds is 3. The van der Waals surface area contributed by atoms with Crippen LogP contribution in [-0.2, 0) is 0 Å². The predicted molar refractivity (Wildman–Crippen MR) is 74.2 cm³/mol. The van der Waals surface area contributed by atoms with E-state index in [1.54, 1.807) is 7.11 Å². The number of benzene rings is 1. The molecule has 3 heteroatoms. The van der Waals surface area contributed by atoms with E-state index in [2.05, 4.69) is 22.0 Å². The Hall–Kier alpha value is -0.540. The summed E-state index contributed by atoms with van der Waals surface area (Å²) in [5.74, 6) is 1.50. The second-order valence-corrected chi connectivity index (χ2v) is 5.67. The van der Waals surface area contributed by atoms with E-state index in [4.69, 9.17) is 10.5 Å². The summed E-state index contributed by atoms with van der Waals surface area (Å²) < 4.78 is 6.36. The predicted octanol–water partition coefficient (Wildman–Crippen LogP) is 4.04. The van der Waals surface area contributed by atoms with Crippen LogP contribution >= 0.6 is 15.9 Å². The molecule has 0 unspecified atom stereocenters. The van der Waals surface area contributed by atoms with E-state index in [0.717, 1.165) is 10.2 Å². The van der Waals surface area contributed by atoms with Crippen molar-refractivity contribution in [1.29, 1.82) is 0 Å². The highest BCUT2D eigenvalue weighted by molar-refractivity contribution is 9.10. The third kappa shape index (κ3) is 3.02. The molecule has 0 saturated heterocycles. The molecular formula is C14H20BrNO. The minimum atomic E-state index is 0.125. The molecule has 1 saturated carbocycles. The molecule has 1 aliphatic rings. The average molecular weight is 298 g/mol. The Labute approximate surface area is 112 Å². The number of nitrogens with two attached hydrogens (primary N) is 1. The number of halogens is 1. The van der Waals surface area contributed by atoms with Crippen molar-refractivity contribution in [2.75, 3.05) is 7.11 Å². The van der Waals surface area contributed by atoms with Crippen LogP contribution in [0.25, 0.3) is 0 Å². The van der Waals surface area contributed by atoms with Crippen molar-refractivity contribution in [1.82, 2.24) is 0 Å². The fourth-order valence-electron chi connectivity index (χ4n) is 2.65. The lowest BCUT2D eigenvalue weighted by atomic mass is 9.81. The molecule has 2 nitrogen and oxygen atoms in total. The van der Waals surface area contributed by atoms with Crippen molar-refractivity contribution in [3.63, 3.8) is 0 Å². The monoisotopic (exact) mass is 297 g/mol. The van der Waals surface area contributed by atoms with E-state index in [0.29, 0.717) is 5.92 Å². The first-order valence-electron chi connectivity index (χ1n) is 6.31. The van der Waals surface area contributed by atoms with Gasteiger partial charge in [0.15, 0.2) is 0 Å². The molecule has 0 aliphatic heterocycles. The summed E-state index contributed by atoms with van der Waals surface area (Å²) in [4.78, 5) is 0. The molecule has 1 aliphatic carbocycles. The van der Waals surface area contributed by atoms with Crippen molar-refractivity contribution in [2.24, 2.45) is 11.7 Å². The van der Waals surface area contributed by atoms with E-state index in [9.17, 15) is 0 Å². The van der Waals surface area contributed by atoms with Crippen LogP contribution in [0.5, 0.6) is 5.75 Å². The van der Waals surface area contributed by atoms with Gasteiger partial charge in [0.1, 0.15) is 5.75 Å². The van der Waals surface area contributed by atoms with Gasteiger partial charge in [0, 0.05) is 10.5 Å². The van der Waals surface area contributed by atoms with Crippen LogP contribution in [0.1, 0.15) is 43.7 Å². The summed E-state index contributed by atoms with van der Waals surface area (Å²) in [6.45, 7) is 0. The minimum Gasteiger partial charge on any atom is -0.497 e. The van der Waals surface area contributed by atoms with Gasteiger partial charge in [-0.25, -0.2) is 0 Å². The van der Waals surface area contributed by atoms with E-state index < -0.39 is 0 Å². The molecule has 2 N–H and O–H groups in total. The first-order chi connectivity index (χ1) is 8.22. The van der Waals surface area contributed by atoms with Gasteiger partial charge >= 0.3 is 0 Å². The Kier molecular flexibility index (Phi) is 4.46. The van der Waals surface area contributed by atoms with Gasteiger partial charge in [0.25, 0.3) is 0 Å². The Morgan fingerprint density at radius 2 is 2.00 bits per heavy atom. The smallest absolute Gasteiger partial charge is 0.119 e. The summed E-state index contributed by atoms with van der Waals surface area (Å²) in [6, 6.07) is 6.17. The van der Waals surface area contributed by atoms with Gasteiger partial charge in [0.05, 0.1) is 7.11 Å². The molecule has 1 atom stereocenters. The van der Waals surface area contributed by atoms with Crippen LogP contribution in [0.3, 0.4) is 0 Å². The second kappa shape index (κ2) is 5.87. The van der Waals surface area contributed by atoms with Crippen molar-refractivity contribution in [2.45, 2.75) is 38.1 Å². The van der Waals surface area contributed by atoms with Crippen molar-refractivity contribution in [3.05, 3.63) is 28.2 Å². The molecule has 0 bridgehead atoms. The van der Waals surface area contributed by atoms with Gasteiger partial charge in [-0.05, 0) is 42.5 Å². The Morgan fingerprint density at radius 1 is 1.29 bits per heavy atom. The largest absolute Gasteiger partial charge is 0.497 e. The number of hydrogen-bond acceptors (Lipinski definition) is 2. The minimum absolute atomic E-state index is 0.125. The standard InChI is InChI=1S/C14H20BrNO/c1-17-11-7-8-13(15)12(9-11)14(16)10-5-3-2-4-6-10/h7-10,14H,2-6,16H2,1H3/t14-/m1/s1. The third-order valence-electron chi connectivity index (χ3n) is 3.72. The first kappa shape index (κ1) is 12.9. The highest BCUT2D eigenvalue weighted by Crippen LogP contribution is 2.36. The Bertz CT molecular complexity index is 374. The molecule has 2 rings (SSSR count). The summed E-state index contributed by atoms with van der Waals surface area (Å²) in [5.41, 5.74) is 7.59. The molecule has 1 aromatic rings. The molecule has 1 fully saturated rings. The average Bonchev–Trinajstić information content (AvgIpc) is 2.39. The normalized spacial score (nSPS) is 19.0. The number of ether oxygens (including phenoxy) is 1. The molecule has 0 radical (unpaired) electrons. The Morgan fingerprint density at radius 3 is 2.65 bits per heavy atom. The number of hydrogen-bond donors (Lipinski definition) is 1. The third-order valence-corrected chi connectivity index (χ3v) is 4.44. The lowest BCUT2D eigenvalue weighted by molar-refractivity contribution is 0.307. The van der Waals surface area contributed by atoms with Crippen molar-refractivity contribution in [3.8, 4) is 5.75 Å². The zero-order valence-corrected chi connectivity index (χ0v) is 11.9. The fraction of sp³-hybridized carbons (Fsp3) is 0.571. The van der Waals surface area contributed by atoms with Crippen LogP contribution in [0.15, 0.2) is 22.7 Å². The Balaban J connectivity index is 2.19. The van der Waals surface area contributed by atoms with Gasteiger partial charge in [-0.3, -0.25) is 0 Å². The van der Waals surface area contributed by atoms with E-state index >= 15 is 0 Å². The summed E-state index contributed by atoms with van der Waals surface area (Å²) in [7, 11) is 1.69. The van der Waals surface area contributed by atoms with E-state index in [1.807, 2.05) is 12.1 Å². The van der Waals surface area contributed by atoms with Gasteiger partial charge < -0.3 is 10.5 Å². The SMILES string of the molecule is COc1ccc(Br)c([C@H](N)C2CCCCC2)c1. The molecule has 17 heavy (non-hydrogen) atoms. The number of methoxy groups -OCH3 is 1. The van der Waals surface area contributed by atoms with Gasteiger partial charge in [-0.2, -0.15) is 0 Å². The lowest BCUT2D eigenvalue weighted by Crippen LogP contribution is -2.23. The van der Waals surface area contributed by atoms with Gasteiger partial charge in [-0.15, -0.1) is 0 Å². The zero-order valence-electron chi connectivity index (χ0n) is 10.3. The van der Waals surface area contributed by atoms with E-state index in [1.165, 1.54) is 37.7 Å². The highest BCUT2D eigenvalue weighted by Gasteiger charge is 2.23. The van der Waals surface area contributed by atoms with Crippen LogP contribution in [0.2, 0.25) is 0 Å². The lowest BCUT2D eigenvalue weighted by Gasteiger charge is -2.28. The van der Waals surface area contributed by atoms with Crippen LogP contribution in [-0.4, -0.2) is 7.11 Å². The topological polar surface area (TPSA) is 35.2 Å². The fourth-order valence-corrected chi connectivity index (χ4v) is 3.16. The van der Waals surface area contributed by atoms with Crippen LogP contribution < -0.4 is 10.5 Å². The summed E-state index contributed by atoms with van der Waals surface area (Å²) in [6.07, 6.45) is 6.51. The summed E-state index contributed by atoms with van der Waals surface area (Å²) >= 11 is 3.59. The molecule has 0 aromatic heterocycles. The quantitative estimate of drug-likeness (QED) is 0.914. The van der Waals surface area contributed by atoms with Gasteiger partial charge in [0.2, 0.25) is 0 Å². The molecule has 0 spiro atoms.